The summed E-state index contributed by atoms with van der Waals surface area (Å²) < 4.78 is 0. The standard InChI is InChI=1S/C19H24N2O2/c1-19(2)10-15-18(16(22)11-19)14(9-17(23)20-15)12-5-7-13(8-6-12)21(3)4/h5-8,14H,9-11H2,1-4H3,(H,20,23)/t14-/m0/s1. The zero-order chi connectivity index (χ0) is 16.8. The maximum absolute atomic E-state index is 12.7. The number of nitrogens with one attached hydrogen (secondary N) is 1. The summed E-state index contributed by atoms with van der Waals surface area (Å²) in [6, 6.07) is 8.16. The molecular weight excluding hydrogens is 288 g/mol. The molecule has 1 atom stereocenters. The third-order valence-corrected chi connectivity index (χ3v) is 4.76. The van der Waals surface area contributed by atoms with Crippen LogP contribution < -0.4 is 10.2 Å². The summed E-state index contributed by atoms with van der Waals surface area (Å²) in [6.07, 6.45) is 1.66. The maximum Gasteiger partial charge on any atom is 0.225 e. The molecule has 4 nitrogen and oxygen atoms in total. The highest BCUT2D eigenvalue weighted by molar-refractivity contribution is 6.02. The minimum Gasteiger partial charge on any atom is -0.378 e. The summed E-state index contributed by atoms with van der Waals surface area (Å²) in [4.78, 5) is 26.9. The van der Waals surface area contributed by atoms with Gasteiger partial charge >= 0.3 is 0 Å². The Morgan fingerprint density at radius 3 is 2.35 bits per heavy atom. The molecule has 122 valence electrons. The highest BCUT2D eigenvalue weighted by atomic mass is 16.2. The van der Waals surface area contributed by atoms with Gasteiger partial charge in [0.15, 0.2) is 5.78 Å². The molecule has 1 aromatic carbocycles. The van der Waals surface area contributed by atoms with E-state index in [9.17, 15) is 9.59 Å². The number of benzene rings is 1. The zero-order valence-electron chi connectivity index (χ0n) is 14.3. The second kappa shape index (κ2) is 5.52. The summed E-state index contributed by atoms with van der Waals surface area (Å²) in [5.74, 6) is 0.0763. The molecule has 3 rings (SSSR count). The van der Waals surface area contributed by atoms with Crippen LogP contribution in [0.15, 0.2) is 35.5 Å². The number of carbonyl (C=O) groups is 2. The number of hydrogen-bond donors (Lipinski definition) is 1. The number of Topliss-reactive ketones (excluding diaryl/α,β-unsaturated/α-hetero) is 1. The first-order valence-electron chi connectivity index (χ1n) is 8.10. The summed E-state index contributed by atoms with van der Waals surface area (Å²) in [5, 5.41) is 2.95. The summed E-state index contributed by atoms with van der Waals surface area (Å²) in [5.41, 5.74) is 3.73. The molecule has 0 bridgehead atoms. The number of nitrogens with zero attached hydrogens (tertiary/aromatic N) is 1. The van der Waals surface area contributed by atoms with Crippen molar-refractivity contribution in [1.82, 2.24) is 5.32 Å². The summed E-state index contributed by atoms with van der Waals surface area (Å²) in [7, 11) is 3.99. The Bertz CT molecular complexity index is 684. The van der Waals surface area contributed by atoms with E-state index in [1.807, 2.05) is 43.3 Å². The van der Waals surface area contributed by atoms with Gasteiger partial charge in [0.25, 0.3) is 0 Å². The number of anilines is 1. The first-order valence-corrected chi connectivity index (χ1v) is 8.10. The van der Waals surface area contributed by atoms with Gasteiger partial charge in [-0.05, 0) is 29.5 Å². The lowest BCUT2D eigenvalue weighted by Crippen LogP contribution is -2.40. The topological polar surface area (TPSA) is 49.4 Å². The largest absolute Gasteiger partial charge is 0.378 e. The Morgan fingerprint density at radius 2 is 1.74 bits per heavy atom. The van der Waals surface area contributed by atoms with Gasteiger partial charge in [-0.1, -0.05) is 26.0 Å². The van der Waals surface area contributed by atoms with Gasteiger partial charge in [0.2, 0.25) is 5.91 Å². The van der Waals surface area contributed by atoms with Crippen molar-refractivity contribution in [2.45, 2.75) is 39.0 Å². The van der Waals surface area contributed by atoms with E-state index in [1.165, 1.54) is 0 Å². The summed E-state index contributed by atoms with van der Waals surface area (Å²) in [6.45, 7) is 4.16. The number of ketones is 1. The van der Waals surface area contributed by atoms with Crippen LogP contribution in [0.25, 0.3) is 0 Å². The highest BCUT2D eigenvalue weighted by Crippen LogP contribution is 2.43. The van der Waals surface area contributed by atoms with Crippen molar-refractivity contribution in [3.8, 4) is 0 Å². The van der Waals surface area contributed by atoms with Crippen LogP contribution in [0.4, 0.5) is 5.69 Å². The second-order valence-corrected chi connectivity index (χ2v) is 7.62. The Kier molecular flexibility index (Phi) is 3.78. The number of hydrogen-bond acceptors (Lipinski definition) is 3. The van der Waals surface area contributed by atoms with E-state index >= 15 is 0 Å². The lowest BCUT2D eigenvalue weighted by atomic mass is 9.70. The minimum atomic E-state index is -0.112. The summed E-state index contributed by atoms with van der Waals surface area (Å²) >= 11 is 0. The van der Waals surface area contributed by atoms with E-state index in [1.54, 1.807) is 0 Å². The fourth-order valence-electron chi connectivity index (χ4n) is 3.65. The molecule has 1 aromatic rings. The normalized spacial score (nSPS) is 23.4. The van der Waals surface area contributed by atoms with E-state index in [2.05, 4.69) is 19.2 Å². The van der Waals surface area contributed by atoms with Gasteiger partial charge in [-0.15, -0.1) is 0 Å². The van der Waals surface area contributed by atoms with Crippen LogP contribution >= 0.6 is 0 Å². The van der Waals surface area contributed by atoms with Crippen molar-refractivity contribution >= 4 is 17.4 Å². The van der Waals surface area contributed by atoms with Crippen LogP contribution in [0.1, 0.15) is 44.6 Å². The molecule has 0 saturated carbocycles. The molecule has 4 heteroatoms. The van der Waals surface area contributed by atoms with Crippen LogP contribution in [0.3, 0.4) is 0 Å². The van der Waals surface area contributed by atoms with Crippen molar-refractivity contribution in [1.29, 1.82) is 0 Å². The molecule has 23 heavy (non-hydrogen) atoms. The van der Waals surface area contributed by atoms with Crippen LogP contribution in [-0.2, 0) is 9.59 Å². The predicted octanol–water partition coefficient (Wildman–Crippen LogP) is 3.00. The van der Waals surface area contributed by atoms with Crippen LogP contribution in [0.5, 0.6) is 0 Å². The minimum absolute atomic E-state index is 0.0101. The van der Waals surface area contributed by atoms with Crippen LogP contribution in [0.2, 0.25) is 0 Å². The predicted molar refractivity (Wildman–Crippen MR) is 91.3 cm³/mol. The fourth-order valence-corrected chi connectivity index (χ4v) is 3.65. The van der Waals surface area contributed by atoms with Gasteiger partial charge < -0.3 is 10.2 Å². The third-order valence-electron chi connectivity index (χ3n) is 4.76. The van der Waals surface area contributed by atoms with Gasteiger partial charge in [0.05, 0.1) is 0 Å². The van der Waals surface area contributed by atoms with Gasteiger partial charge in [-0.2, -0.15) is 0 Å². The van der Waals surface area contributed by atoms with Gasteiger partial charge in [-0.3, -0.25) is 9.59 Å². The quantitative estimate of drug-likeness (QED) is 0.913. The van der Waals surface area contributed by atoms with Crippen LogP contribution in [0, 0.1) is 5.41 Å². The molecule has 0 unspecified atom stereocenters. The molecule has 0 aromatic heterocycles. The molecule has 1 heterocycles. The second-order valence-electron chi connectivity index (χ2n) is 7.62. The van der Waals surface area contributed by atoms with E-state index < -0.39 is 0 Å². The number of allylic oxidation sites excluding steroid dienone is 2. The molecule has 0 saturated heterocycles. The molecule has 1 aliphatic carbocycles. The van der Waals surface area contributed by atoms with E-state index in [-0.39, 0.29) is 23.0 Å². The lowest BCUT2D eigenvalue weighted by Gasteiger charge is -2.37. The van der Waals surface area contributed by atoms with E-state index in [4.69, 9.17) is 0 Å². The molecule has 1 N–H and O–H groups in total. The first kappa shape index (κ1) is 15.8. The van der Waals surface area contributed by atoms with Crippen molar-refractivity contribution in [2.24, 2.45) is 5.41 Å². The lowest BCUT2D eigenvalue weighted by molar-refractivity contribution is -0.122. The number of amides is 1. The number of carbonyl (C=O) groups excluding carboxylic acids is 2. The molecule has 1 amide bonds. The third kappa shape index (κ3) is 3.03. The Hall–Kier alpha value is -2.10. The SMILES string of the molecule is CN(C)c1ccc([C@@H]2CC(=O)NC3=C2C(=O)CC(C)(C)C3)cc1. The zero-order valence-corrected chi connectivity index (χ0v) is 14.3. The Balaban J connectivity index is 2.01. The average molecular weight is 312 g/mol. The molecule has 0 radical (unpaired) electrons. The van der Waals surface area contributed by atoms with Crippen LogP contribution in [-0.4, -0.2) is 25.8 Å². The van der Waals surface area contributed by atoms with Gasteiger partial charge in [0, 0.05) is 49.8 Å². The van der Waals surface area contributed by atoms with Gasteiger partial charge in [-0.25, -0.2) is 0 Å². The van der Waals surface area contributed by atoms with E-state index in [0.29, 0.717) is 12.8 Å². The maximum atomic E-state index is 12.7. The highest BCUT2D eigenvalue weighted by Gasteiger charge is 2.40. The fraction of sp³-hybridized carbons (Fsp3) is 0.474. The van der Waals surface area contributed by atoms with Crippen molar-refractivity contribution < 1.29 is 9.59 Å². The smallest absolute Gasteiger partial charge is 0.225 e. The monoisotopic (exact) mass is 312 g/mol. The molecular formula is C19H24N2O2. The molecule has 0 spiro atoms. The van der Waals surface area contributed by atoms with Crippen molar-refractivity contribution in [3.05, 3.63) is 41.1 Å². The number of rotatable bonds is 2. The molecule has 0 fully saturated rings. The van der Waals surface area contributed by atoms with Crippen molar-refractivity contribution in [3.63, 3.8) is 0 Å². The molecule has 1 aliphatic heterocycles. The Morgan fingerprint density at radius 1 is 1.09 bits per heavy atom. The van der Waals surface area contributed by atoms with Gasteiger partial charge in [0.1, 0.15) is 0 Å². The van der Waals surface area contributed by atoms with E-state index in [0.717, 1.165) is 28.9 Å². The Labute approximate surface area is 137 Å². The molecule has 2 aliphatic rings. The average Bonchev–Trinajstić information content (AvgIpc) is 2.44. The first-order chi connectivity index (χ1) is 10.8. The van der Waals surface area contributed by atoms with Crippen molar-refractivity contribution in [2.75, 3.05) is 19.0 Å².